The predicted molar refractivity (Wildman–Crippen MR) is 140 cm³/mol. The van der Waals surface area contributed by atoms with E-state index < -0.39 is 0 Å². The average molecular weight is 456 g/mol. The zero-order valence-corrected chi connectivity index (χ0v) is 19.3. The smallest absolute Gasteiger partial charge is 0.274 e. The Morgan fingerprint density at radius 3 is 2.14 bits per heavy atom. The summed E-state index contributed by atoms with van der Waals surface area (Å²) in [7, 11) is 0. The number of hydrogen-bond acceptors (Lipinski definition) is 2. The highest BCUT2D eigenvalue weighted by Crippen LogP contribution is 2.38. The molecule has 1 aromatic heterocycles. The fourth-order valence-corrected chi connectivity index (χ4v) is 4.91. The molecular weight excluding hydrogens is 430 g/mol. The second-order valence-corrected chi connectivity index (χ2v) is 8.86. The summed E-state index contributed by atoms with van der Waals surface area (Å²) in [5.41, 5.74) is 6.14. The lowest BCUT2D eigenvalue weighted by molar-refractivity contribution is 0.0712. The predicted octanol–water partition coefficient (Wildman–Crippen LogP) is 6.68. The minimum Gasteiger partial charge on any atom is -0.343 e. The van der Waals surface area contributed by atoms with Gasteiger partial charge in [-0.25, -0.2) is 5.01 Å². The summed E-state index contributed by atoms with van der Waals surface area (Å²) >= 11 is 0. The molecule has 0 fully saturated rings. The Morgan fingerprint density at radius 1 is 0.771 bits per heavy atom. The van der Waals surface area contributed by atoms with Crippen LogP contribution in [-0.2, 0) is 6.54 Å². The van der Waals surface area contributed by atoms with Crippen LogP contribution in [0.5, 0.6) is 0 Å². The third-order valence-electron chi connectivity index (χ3n) is 6.62. The van der Waals surface area contributed by atoms with Crippen molar-refractivity contribution in [2.45, 2.75) is 19.0 Å². The van der Waals surface area contributed by atoms with Crippen LogP contribution in [0.3, 0.4) is 0 Å². The number of rotatable bonds is 5. The fraction of sp³-hybridized carbons (Fsp3) is 0.0968. The molecule has 4 nitrogen and oxygen atoms in total. The zero-order chi connectivity index (χ0) is 23.6. The van der Waals surface area contributed by atoms with Crippen LogP contribution < -0.4 is 0 Å². The first kappa shape index (κ1) is 21.1. The number of nitrogens with zero attached hydrogens (tertiary/aromatic N) is 3. The van der Waals surface area contributed by atoms with Gasteiger partial charge in [-0.3, -0.25) is 4.79 Å². The molecule has 1 amide bonds. The van der Waals surface area contributed by atoms with Gasteiger partial charge < -0.3 is 4.57 Å². The van der Waals surface area contributed by atoms with Crippen LogP contribution in [0, 0.1) is 0 Å². The normalized spacial score (nSPS) is 15.4. The molecule has 2 heterocycles. The highest BCUT2D eigenvalue weighted by Gasteiger charge is 2.35. The molecule has 0 saturated carbocycles. The Bertz CT molecular complexity index is 1500. The quantitative estimate of drug-likeness (QED) is 0.291. The zero-order valence-electron chi connectivity index (χ0n) is 19.3. The van der Waals surface area contributed by atoms with Gasteiger partial charge in [0.2, 0.25) is 0 Å². The molecule has 4 aromatic carbocycles. The molecule has 1 aliphatic heterocycles. The average Bonchev–Trinajstić information content (AvgIpc) is 3.52. The lowest BCUT2D eigenvalue weighted by Crippen LogP contribution is -2.27. The van der Waals surface area contributed by atoms with E-state index in [9.17, 15) is 4.79 Å². The van der Waals surface area contributed by atoms with Gasteiger partial charge >= 0.3 is 0 Å². The standard InChI is InChI=1S/C31H25N3O/c35-31(25-16-8-3-9-17-25)34-30(20-28(32-34)24-14-6-2-7-15-24)27-22-33(21-23-12-4-1-5-13-23)29-19-11-10-18-26(27)29/h1-19,22,30H,20-21H2/t30-/m0/s1. The van der Waals surface area contributed by atoms with Gasteiger partial charge in [-0.2, -0.15) is 5.10 Å². The molecule has 6 rings (SSSR count). The number of aromatic nitrogens is 1. The maximum absolute atomic E-state index is 13.7. The van der Waals surface area contributed by atoms with Gasteiger partial charge in [0.25, 0.3) is 5.91 Å². The maximum Gasteiger partial charge on any atom is 0.274 e. The van der Waals surface area contributed by atoms with Crippen LogP contribution in [0.25, 0.3) is 10.9 Å². The second-order valence-electron chi connectivity index (χ2n) is 8.86. The number of carbonyl (C=O) groups excluding carboxylic acids is 1. The van der Waals surface area contributed by atoms with Gasteiger partial charge in [0.05, 0.1) is 11.8 Å². The van der Waals surface area contributed by atoms with Crippen molar-refractivity contribution in [3.63, 3.8) is 0 Å². The van der Waals surface area contributed by atoms with E-state index in [0.29, 0.717) is 12.0 Å². The first-order chi connectivity index (χ1) is 17.3. The van der Waals surface area contributed by atoms with Gasteiger partial charge in [0.15, 0.2) is 0 Å². The number of hydrazone groups is 1. The molecule has 0 unspecified atom stereocenters. The molecule has 5 aromatic rings. The first-order valence-electron chi connectivity index (χ1n) is 11.9. The number of amides is 1. The summed E-state index contributed by atoms with van der Waals surface area (Å²) in [6.07, 6.45) is 2.87. The molecule has 0 N–H and O–H groups in total. The Balaban J connectivity index is 1.45. The number of benzene rings is 4. The summed E-state index contributed by atoms with van der Waals surface area (Å²) in [5.74, 6) is -0.0820. The lowest BCUT2D eigenvalue weighted by Gasteiger charge is -2.21. The van der Waals surface area contributed by atoms with Crippen LogP contribution in [0.2, 0.25) is 0 Å². The number of fused-ring (bicyclic) bond motifs is 1. The van der Waals surface area contributed by atoms with Crippen molar-refractivity contribution in [2.75, 3.05) is 0 Å². The van der Waals surface area contributed by atoms with Gasteiger partial charge in [-0.1, -0.05) is 97.1 Å². The molecule has 35 heavy (non-hydrogen) atoms. The van der Waals surface area contributed by atoms with Crippen molar-refractivity contribution in [3.8, 4) is 0 Å². The van der Waals surface area contributed by atoms with Crippen LogP contribution in [0.15, 0.2) is 127 Å². The van der Waals surface area contributed by atoms with E-state index in [1.54, 1.807) is 5.01 Å². The van der Waals surface area contributed by atoms with E-state index >= 15 is 0 Å². The van der Waals surface area contributed by atoms with Crippen molar-refractivity contribution < 1.29 is 4.79 Å². The van der Waals surface area contributed by atoms with E-state index in [4.69, 9.17) is 5.10 Å². The highest BCUT2D eigenvalue weighted by molar-refractivity contribution is 6.05. The third-order valence-corrected chi connectivity index (χ3v) is 6.62. The number of carbonyl (C=O) groups is 1. The lowest BCUT2D eigenvalue weighted by atomic mass is 9.97. The molecule has 0 bridgehead atoms. The van der Waals surface area contributed by atoms with Crippen molar-refractivity contribution in [1.82, 2.24) is 9.58 Å². The molecule has 0 aliphatic carbocycles. The van der Waals surface area contributed by atoms with Gasteiger partial charge in [0, 0.05) is 41.2 Å². The molecule has 170 valence electrons. The summed E-state index contributed by atoms with van der Waals surface area (Å²) in [6.45, 7) is 0.771. The van der Waals surface area contributed by atoms with E-state index in [0.717, 1.165) is 34.3 Å². The van der Waals surface area contributed by atoms with Gasteiger partial charge in [0.1, 0.15) is 0 Å². The van der Waals surface area contributed by atoms with Crippen LogP contribution in [-0.4, -0.2) is 21.2 Å². The Hall–Kier alpha value is -4.44. The minimum atomic E-state index is -0.181. The number of hydrogen-bond donors (Lipinski definition) is 0. The molecule has 4 heteroatoms. The van der Waals surface area contributed by atoms with E-state index in [1.807, 2.05) is 54.6 Å². The first-order valence-corrected chi connectivity index (χ1v) is 11.9. The molecule has 0 spiro atoms. The molecular formula is C31H25N3O. The van der Waals surface area contributed by atoms with E-state index in [-0.39, 0.29) is 11.9 Å². The maximum atomic E-state index is 13.7. The number of para-hydroxylation sites is 1. The fourth-order valence-electron chi connectivity index (χ4n) is 4.91. The van der Waals surface area contributed by atoms with Gasteiger partial charge in [-0.05, 0) is 29.3 Å². The molecule has 1 aliphatic rings. The van der Waals surface area contributed by atoms with E-state index in [2.05, 4.69) is 71.4 Å². The van der Waals surface area contributed by atoms with Crippen LogP contribution in [0.1, 0.15) is 39.5 Å². The van der Waals surface area contributed by atoms with Crippen molar-refractivity contribution >= 4 is 22.5 Å². The molecule has 1 atom stereocenters. The Kier molecular flexibility index (Phi) is 5.47. The van der Waals surface area contributed by atoms with Crippen molar-refractivity contribution in [1.29, 1.82) is 0 Å². The van der Waals surface area contributed by atoms with Crippen molar-refractivity contribution in [2.24, 2.45) is 5.10 Å². The molecule has 0 radical (unpaired) electrons. The Labute approximate surface area is 204 Å². The summed E-state index contributed by atoms with van der Waals surface area (Å²) in [6, 6.07) is 38.3. The molecule has 0 saturated heterocycles. The van der Waals surface area contributed by atoms with Gasteiger partial charge in [-0.15, -0.1) is 0 Å². The summed E-state index contributed by atoms with van der Waals surface area (Å²) in [4.78, 5) is 13.7. The third kappa shape index (κ3) is 4.04. The topological polar surface area (TPSA) is 37.6 Å². The largest absolute Gasteiger partial charge is 0.343 e. The SMILES string of the molecule is O=C(c1ccccc1)N1N=C(c2ccccc2)C[C@H]1c1cn(Cc2ccccc2)c2ccccc12. The summed E-state index contributed by atoms with van der Waals surface area (Å²) in [5, 5.41) is 7.73. The van der Waals surface area contributed by atoms with Crippen LogP contribution >= 0.6 is 0 Å². The van der Waals surface area contributed by atoms with E-state index in [1.165, 1.54) is 5.56 Å². The van der Waals surface area contributed by atoms with Crippen LogP contribution in [0.4, 0.5) is 0 Å². The monoisotopic (exact) mass is 455 g/mol. The summed E-state index contributed by atoms with van der Waals surface area (Å²) < 4.78 is 2.28. The highest BCUT2D eigenvalue weighted by atomic mass is 16.2. The van der Waals surface area contributed by atoms with Crippen molar-refractivity contribution in [3.05, 3.63) is 144 Å². The Morgan fingerprint density at radius 2 is 1.40 bits per heavy atom. The minimum absolute atomic E-state index is 0.0820. The second kappa shape index (κ2) is 9.07.